The van der Waals surface area contributed by atoms with Crippen molar-refractivity contribution in [2.45, 2.75) is 13.1 Å². The van der Waals surface area contributed by atoms with Gasteiger partial charge in [0.2, 0.25) is 0 Å². The fraction of sp³-hybridized carbons (Fsp3) is 0.250. The van der Waals surface area contributed by atoms with Crippen molar-refractivity contribution in [3.63, 3.8) is 0 Å². The largest absolute Gasteiger partial charge is 0.467 e. The van der Waals surface area contributed by atoms with Gasteiger partial charge in [0.1, 0.15) is 11.3 Å². The van der Waals surface area contributed by atoms with Gasteiger partial charge >= 0.3 is 0 Å². The summed E-state index contributed by atoms with van der Waals surface area (Å²) in [5.74, 6) is 0.661. The van der Waals surface area contributed by atoms with Crippen LogP contribution in [0.3, 0.4) is 0 Å². The van der Waals surface area contributed by atoms with E-state index < -0.39 is 0 Å². The molecule has 0 saturated heterocycles. The van der Waals surface area contributed by atoms with Crippen LogP contribution >= 0.6 is 11.6 Å². The second-order valence-electron chi connectivity index (χ2n) is 7.79. The number of benzene rings is 2. The first-order chi connectivity index (χ1) is 15.5. The molecule has 4 aromatic rings. The fourth-order valence-electron chi connectivity index (χ4n) is 3.31. The van der Waals surface area contributed by atoms with Crippen LogP contribution in [0.25, 0.3) is 11.1 Å². The van der Waals surface area contributed by atoms with Crippen LogP contribution in [0.15, 0.2) is 69.7 Å². The Morgan fingerprint density at radius 2 is 1.97 bits per heavy atom. The highest BCUT2D eigenvalue weighted by molar-refractivity contribution is 6.30. The van der Waals surface area contributed by atoms with Crippen LogP contribution in [0.4, 0.5) is 6.01 Å². The van der Waals surface area contributed by atoms with Crippen LogP contribution in [-0.2, 0) is 13.1 Å². The average Bonchev–Trinajstić information content (AvgIpc) is 3.43. The van der Waals surface area contributed by atoms with Crippen molar-refractivity contribution >= 4 is 34.6 Å². The fourth-order valence-corrected chi connectivity index (χ4v) is 3.52. The number of furan rings is 1. The van der Waals surface area contributed by atoms with E-state index in [4.69, 9.17) is 20.4 Å². The highest BCUT2D eigenvalue weighted by Crippen LogP contribution is 2.22. The normalized spacial score (nSPS) is 11.2. The number of nitrogens with zero attached hydrogens (tertiary/aromatic N) is 3. The summed E-state index contributed by atoms with van der Waals surface area (Å²) in [5.41, 5.74) is 2.80. The Hall–Kier alpha value is -3.29. The quantitative estimate of drug-likeness (QED) is 0.389. The number of likely N-dealkylation sites (N-methyl/N-ethyl adjacent to an activating group) is 1. The second kappa shape index (κ2) is 9.89. The third-order valence-electron chi connectivity index (χ3n) is 5.00. The number of nitrogens with one attached hydrogen (secondary N) is 1. The molecule has 0 fully saturated rings. The summed E-state index contributed by atoms with van der Waals surface area (Å²) in [6.07, 6.45) is 1.61. The molecular weight excluding hydrogens is 428 g/mol. The number of aromatic nitrogens is 1. The van der Waals surface area contributed by atoms with Crippen molar-refractivity contribution in [3.8, 4) is 0 Å². The number of anilines is 1. The number of carbonyl (C=O) groups excluding carboxylic acids is 1. The first-order valence-electron chi connectivity index (χ1n) is 10.3. The molecular formula is C24H25ClN4O3. The number of rotatable bonds is 9. The van der Waals surface area contributed by atoms with Gasteiger partial charge in [-0.2, -0.15) is 4.98 Å². The molecule has 1 N–H and O–H groups in total. The van der Waals surface area contributed by atoms with Gasteiger partial charge in [0.25, 0.3) is 11.9 Å². The Balaban J connectivity index is 1.50. The molecule has 0 atom stereocenters. The molecule has 0 aliphatic heterocycles. The summed E-state index contributed by atoms with van der Waals surface area (Å²) in [5, 5.41) is 3.84. The zero-order valence-corrected chi connectivity index (χ0v) is 18.8. The molecule has 0 bridgehead atoms. The maximum atomic E-state index is 13.3. The summed E-state index contributed by atoms with van der Waals surface area (Å²) < 4.78 is 11.2. The van der Waals surface area contributed by atoms with Crippen LogP contribution in [-0.4, -0.2) is 47.9 Å². The minimum absolute atomic E-state index is 0.0819. The van der Waals surface area contributed by atoms with E-state index in [1.807, 2.05) is 55.4 Å². The topological polar surface area (TPSA) is 74.8 Å². The van der Waals surface area contributed by atoms with Gasteiger partial charge in [-0.1, -0.05) is 23.7 Å². The van der Waals surface area contributed by atoms with Gasteiger partial charge in [0, 0.05) is 30.2 Å². The van der Waals surface area contributed by atoms with E-state index in [2.05, 4.69) is 10.3 Å². The van der Waals surface area contributed by atoms with Crippen molar-refractivity contribution in [1.82, 2.24) is 14.8 Å². The van der Waals surface area contributed by atoms with Crippen molar-refractivity contribution in [1.29, 1.82) is 0 Å². The Morgan fingerprint density at radius 3 is 2.72 bits per heavy atom. The van der Waals surface area contributed by atoms with E-state index in [9.17, 15) is 4.79 Å². The highest BCUT2D eigenvalue weighted by atomic mass is 35.5. The van der Waals surface area contributed by atoms with Crippen LogP contribution in [0.2, 0.25) is 5.02 Å². The Kier molecular flexibility index (Phi) is 6.78. The van der Waals surface area contributed by atoms with Gasteiger partial charge in [-0.25, -0.2) is 0 Å². The van der Waals surface area contributed by atoms with Gasteiger partial charge < -0.3 is 24.0 Å². The van der Waals surface area contributed by atoms with E-state index in [1.165, 1.54) is 0 Å². The number of hydrogen-bond donors (Lipinski definition) is 1. The SMILES string of the molecule is CN(C)CCN(Cc1ccco1)C(=O)c1ccc2oc(NCc3cccc(Cl)c3)nc2c1. The van der Waals surface area contributed by atoms with E-state index in [0.29, 0.717) is 47.3 Å². The molecule has 2 aromatic heterocycles. The van der Waals surface area contributed by atoms with Crippen LogP contribution in [0, 0.1) is 0 Å². The lowest BCUT2D eigenvalue weighted by molar-refractivity contribution is 0.0720. The standard InChI is InChI=1S/C24H25ClN4O3/c1-28(2)10-11-29(16-20-7-4-12-31-20)23(30)18-8-9-22-21(14-18)27-24(32-22)26-15-17-5-3-6-19(25)13-17/h3-9,12-14H,10-11,15-16H2,1-2H3,(H,26,27). The van der Waals surface area contributed by atoms with Gasteiger partial charge in [-0.3, -0.25) is 4.79 Å². The molecule has 4 rings (SSSR count). The smallest absolute Gasteiger partial charge is 0.295 e. The van der Waals surface area contributed by atoms with Crippen molar-refractivity contribution in [2.24, 2.45) is 0 Å². The maximum Gasteiger partial charge on any atom is 0.295 e. The lowest BCUT2D eigenvalue weighted by Crippen LogP contribution is -2.36. The number of fused-ring (bicyclic) bond motifs is 1. The summed E-state index contributed by atoms with van der Waals surface area (Å²) in [7, 11) is 3.96. The molecule has 1 amide bonds. The molecule has 0 radical (unpaired) electrons. The van der Waals surface area contributed by atoms with Crippen LogP contribution in [0.5, 0.6) is 0 Å². The second-order valence-corrected chi connectivity index (χ2v) is 8.23. The molecule has 0 aliphatic rings. The summed E-state index contributed by atoms with van der Waals surface area (Å²) in [4.78, 5) is 21.6. The molecule has 2 aromatic carbocycles. The van der Waals surface area contributed by atoms with Crippen LogP contribution in [0.1, 0.15) is 21.7 Å². The van der Waals surface area contributed by atoms with Crippen molar-refractivity contribution < 1.29 is 13.6 Å². The monoisotopic (exact) mass is 452 g/mol. The number of amides is 1. The van der Waals surface area contributed by atoms with Gasteiger partial charge in [0.05, 0.1) is 12.8 Å². The molecule has 0 spiro atoms. The third-order valence-corrected chi connectivity index (χ3v) is 5.23. The molecule has 0 aliphatic carbocycles. The van der Waals surface area contributed by atoms with E-state index in [0.717, 1.165) is 17.9 Å². The molecule has 0 unspecified atom stereocenters. The molecule has 32 heavy (non-hydrogen) atoms. The minimum atomic E-state index is -0.0819. The predicted octanol–water partition coefficient (Wildman–Crippen LogP) is 4.89. The zero-order valence-electron chi connectivity index (χ0n) is 18.0. The molecule has 7 nitrogen and oxygen atoms in total. The first-order valence-corrected chi connectivity index (χ1v) is 10.7. The lowest BCUT2D eigenvalue weighted by Gasteiger charge is -2.23. The Morgan fingerprint density at radius 1 is 1.09 bits per heavy atom. The highest BCUT2D eigenvalue weighted by Gasteiger charge is 2.19. The average molecular weight is 453 g/mol. The predicted molar refractivity (Wildman–Crippen MR) is 125 cm³/mol. The summed E-state index contributed by atoms with van der Waals surface area (Å²) in [6.45, 7) is 2.26. The number of hydrogen-bond acceptors (Lipinski definition) is 6. The van der Waals surface area contributed by atoms with Gasteiger partial charge in [-0.15, -0.1) is 0 Å². The lowest BCUT2D eigenvalue weighted by atomic mass is 10.1. The van der Waals surface area contributed by atoms with Gasteiger partial charge in [0.15, 0.2) is 5.58 Å². The van der Waals surface area contributed by atoms with E-state index in [-0.39, 0.29) is 5.91 Å². The van der Waals surface area contributed by atoms with Crippen molar-refractivity contribution in [3.05, 3.63) is 82.8 Å². The maximum absolute atomic E-state index is 13.3. The first kappa shape index (κ1) is 21.9. The molecule has 0 saturated carbocycles. The van der Waals surface area contributed by atoms with E-state index >= 15 is 0 Å². The Labute approximate surface area is 191 Å². The molecule has 166 valence electrons. The Bertz CT molecular complexity index is 1190. The zero-order chi connectivity index (χ0) is 22.5. The minimum Gasteiger partial charge on any atom is -0.467 e. The van der Waals surface area contributed by atoms with Crippen LogP contribution < -0.4 is 5.32 Å². The molecule has 8 heteroatoms. The molecule has 2 heterocycles. The van der Waals surface area contributed by atoms with Gasteiger partial charge in [-0.05, 0) is 62.1 Å². The number of oxazole rings is 1. The summed E-state index contributed by atoms with van der Waals surface area (Å²) in [6, 6.07) is 17.0. The van der Waals surface area contributed by atoms with E-state index in [1.54, 1.807) is 29.4 Å². The van der Waals surface area contributed by atoms with Crippen molar-refractivity contribution in [2.75, 3.05) is 32.5 Å². The number of halogens is 1. The summed E-state index contributed by atoms with van der Waals surface area (Å²) >= 11 is 6.04. The third kappa shape index (κ3) is 5.49. The number of carbonyl (C=O) groups is 1.